The van der Waals surface area contributed by atoms with E-state index in [-0.39, 0.29) is 31.2 Å². The molecule has 2 unspecified atom stereocenters. The Kier molecular flexibility index (Phi) is 5.33. The first-order chi connectivity index (χ1) is 12.7. The van der Waals surface area contributed by atoms with Crippen LogP contribution >= 0.6 is 0 Å². The first kappa shape index (κ1) is 19.5. The number of carbonyl (C=O) groups excluding carboxylic acids is 1. The standard InChI is InChI=1S/C20H28N2O5/c1-19(2,3)16-9-10-20(27-16)13-22(18(24)25)11-15(20)21-17(23)26-12-14-7-5-4-6-8-14/h4-8,15-16H,9-13H2,1-3H3,(H,21,23)(H,24,25)/t15-,16?,20?/m0/s1. The normalized spacial score (nSPS) is 27.7. The van der Waals surface area contributed by atoms with Crippen LogP contribution in [0.2, 0.25) is 0 Å². The molecule has 3 atom stereocenters. The Hall–Kier alpha value is -2.28. The lowest BCUT2D eigenvalue weighted by Gasteiger charge is -2.34. The smallest absolute Gasteiger partial charge is 0.407 e. The number of benzene rings is 1. The zero-order valence-electron chi connectivity index (χ0n) is 16.1. The second kappa shape index (κ2) is 7.38. The van der Waals surface area contributed by atoms with E-state index in [1.54, 1.807) is 0 Å². The van der Waals surface area contributed by atoms with E-state index in [9.17, 15) is 14.7 Å². The van der Waals surface area contributed by atoms with Gasteiger partial charge in [0.2, 0.25) is 0 Å². The quantitative estimate of drug-likeness (QED) is 0.845. The highest BCUT2D eigenvalue weighted by Crippen LogP contribution is 2.43. The van der Waals surface area contributed by atoms with Gasteiger partial charge in [0, 0.05) is 6.54 Å². The number of amides is 2. The minimum atomic E-state index is -1.00. The van der Waals surface area contributed by atoms with Gasteiger partial charge in [0.15, 0.2) is 0 Å². The predicted molar refractivity (Wildman–Crippen MR) is 99.4 cm³/mol. The lowest BCUT2D eigenvalue weighted by Crippen LogP contribution is -2.52. The molecule has 3 rings (SSSR count). The van der Waals surface area contributed by atoms with Gasteiger partial charge in [-0.15, -0.1) is 0 Å². The van der Waals surface area contributed by atoms with E-state index in [1.807, 2.05) is 30.3 Å². The number of hydrogen-bond donors (Lipinski definition) is 2. The minimum Gasteiger partial charge on any atom is -0.465 e. The van der Waals surface area contributed by atoms with Crippen LogP contribution < -0.4 is 5.32 Å². The SMILES string of the molecule is CC(C)(C)C1CCC2(CN(C(=O)O)C[C@@H]2NC(=O)OCc2ccccc2)O1. The van der Waals surface area contributed by atoms with Gasteiger partial charge in [0.05, 0.1) is 18.7 Å². The molecule has 7 nitrogen and oxygen atoms in total. The molecule has 0 aliphatic carbocycles. The molecule has 1 aromatic carbocycles. The zero-order chi connectivity index (χ0) is 19.7. The summed E-state index contributed by atoms with van der Waals surface area (Å²) in [4.78, 5) is 25.1. The number of nitrogens with zero attached hydrogens (tertiary/aromatic N) is 1. The molecule has 2 heterocycles. The molecule has 27 heavy (non-hydrogen) atoms. The summed E-state index contributed by atoms with van der Waals surface area (Å²) in [6, 6.07) is 8.99. The van der Waals surface area contributed by atoms with Crippen LogP contribution in [0.15, 0.2) is 30.3 Å². The fourth-order valence-electron chi connectivity index (χ4n) is 3.87. The third kappa shape index (κ3) is 4.35. The highest BCUT2D eigenvalue weighted by atomic mass is 16.6. The van der Waals surface area contributed by atoms with Crippen LogP contribution in [-0.4, -0.2) is 53.0 Å². The number of rotatable bonds is 3. The average Bonchev–Trinajstić information content (AvgIpc) is 3.19. The largest absolute Gasteiger partial charge is 0.465 e. The molecule has 148 valence electrons. The lowest BCUT2D eigenvalue weighted by atomic mass is 9.86. The van der Waals surface area contributed by atoms with Gasteiger partial charge in [0.25, 0.3) is 0 Å². The van der Waals surface area contributed by atoms with Crippen LogP contribution in [0, 0.1) is 5.41 Å². The molecule has 2 amide bonds. The third-order valence-corrected chi connectivity index (χ3v) is 5.44. The molecule has 7 heteroatoms. The summed E-state index contributed by atoms with van der Waals surface area (Å²) >= 11 is 0. The van der Waals surface area contributed by atoms with Crippen LogP contribution in [0.1, 0.15) is 39.2 Å². The summed E-state index contributed by atoms with van der Waals surface area (Å²) in [5.41, 5.74) is 0.159. The number of hydrogen-bond acceptors (Lipinski definition) is 4. The first-order valence-electron chi connectivity index (χ1n) is 9.32. The first-order valence-corrected chi connectivity index (χ1v) is 9.32. The van der Waals surface area contributed by atoms with Gasteiger partial charge in [-0.2, -0.15) is 0 Å². The summed E-state index contributed by atoms with van der Waals surface area (Å²) in [7, 11) is 0. The molecule has 2 fully saturated rings. The van der Waals surface area contributed by atoms with Gasteiger partial charge in [-0.3, -0.25) is 0 Å². The molecular weight excluding hydrogens is 348 g/mol. The minimum absolute atomic E-state index is 0.0240. The molecule has 0 saturated carbocycles. The van der Waals surface area contributed by atoms with Crippen molar-refractivity contribution in [2.45, 2.75) is 58.0 Å². The molecule has 0 aromatic heterocycles. The maximum Gasteiger partial charge on any atom is 0.407 e. The lowest BCUT2D eigenvalue weighted by molar-refractivity contribution is -0.0834. The Labute approximate surface area is 159 Å². The van der Waals surface area contributed by atoms with Crippen LogP contribution in [0.3, 0.4) is 0 Å². The van der Waals surface area contributed by atoms with Crippen LogP contribution in [0.25, 0.3) is 0 Å². The number of likely N-dealkylation sites (tertiary alicyclic amines) is 1. The van der Waals surface area contributed by atoms with Gasteiger partial charge in [-0.05, 0) is 23.8 Å². The van der Waals surface area contributed by atoms with Gasteiger partial charge >= 0.3 is 12.2 Å². The van der Waals surface area contributed by atoms with Crippen molar-refractivity contribution < 1.29 is 24.2 Å². The highest BCUT2D eigenvalue weighted by Gasteiger charge is 2.55. The number of alkyl carbamates (subject to hydrolysis) is 1. The van der Waals surface area contributed by atoms with Crippen molar-refractivity contribution in [3.8, 4) is 0 Å². The average molecular weight is 376 g/mol. The van der Waals surface area contributed by atoms with E-state index in [0.717, 1.165) is 12.0 Å². The maximum absolute atomic E-state index is 12.3. The summed E-state index contributed by atoms with van der Waals surface area (Å²) in [5, 5.41) is 12.3. The molecule has 1 spiro atoms. The zero-order valence-corrected chi connectivity index (χ0v) is 16.1. The van der Waals surface area contributed by atoms with E-state index in [0.29, 0.717) is 6.42 Å². The summed E-state index contributed by atoms with van der Waals surface area (Å²) in [5.74, 6) is 0. The van der Waals surface area contributed by atoms with Crippen LogP contribution in [0.5, 0.6) is 0 Å². The third-order valence-electron chi connectivity index (χ3n) is 5.44. The van der Waals surface area contributed by atoms with Gasteiger partial charge < -0.3 is 24.8 Å². The Balaban J connectivity index is 1.66. The highest BCUT2D eigenvalue weighted by molar-refractivity contribution is 5.69. The summed E-state index contributed by atoms with van der Waals surface area (Å²) < 4.78 is 11.7. The number of carboxylic acid groups (broad SMARTS) is 1. The topological polar surface area (TPSA) is 88.1 Å². The van der Waals surface area contributed by atoms with Crippen molar-refractivity contribution in [2.75, 3.05) is 13.1 Å². The number of ether oxygens (including phenoxy) is 2. The fraction of sp³-hybridized carbons (Fsp3) is 0.600. The van der Waals surface area contributed by atoms with Crippen molar-refractivity contribution in [3.63, 3.8) is 0 Å². The van der Waals surface area contributed by atoms with Crippen molar-refractivity contribution in [2.24, 2.45) is 5.41 Å². The maximum atomic E-state index is 12.3. The molecule has 1 aromatic rings. The Morgan fingerprint density at radius 3 is 2.63 bits per heavy atom. The van der Waals surface area contributed by atoms with Crippen molar-refractivity contribution >= 4 is 12.2 Å². The fourth-order valence-corrected chi connectivity index (χ4v) is 3.87. The van der Waals surface area contributed by atoms with E-state index < -0.39 is 23.8 Å². The molecule has 2 aliphatic heterocycles. The Morgan fingerprint density at radius 1 is 1.33 bits per heavy atom. The van der Waals surface area contributed by atoms with Crippen molar-refractivity contribution in [1.82, 2.24) is 10.2 Å². The Bertz CT molecular complexity index is 687. The van der Waals surface area contributed by atoms with E-state index in [2.05, 4.69) is 26.1 Å². The molecule has 0 bridgehead atoms. The summed E-state index contributed by atoms with van der Waals surface area (Å²) in [6.45, 7) is 6.96. The van der Waals surface area contributed by atoms with E-state index in [4.69, 9.17) is 9.47 Å². The monoisotopic (exact) mass is 376 g/mol. The van der Waals surface area contributed by atoms with Gasteiger partial charge in [-0.1, -0.05) is 51.1 Å². The molecule has 0 radical (unpaired) electrons. The van der Waals surface area contributed by atoms with E-state index in [1.165, 1.54) is 4.90 Å². The van der Waals surface area contributed by atoms with E-state index >= 15 is 0 Å². The van der Waals surface area contributed by atoms with Crippen molar-refractivity contribution in [1.29, 1.82) is 0 Å². The van der Waals surface area contributed by atoms with Crippen molar-refractivity contribution in [3.05, 3.63) is 35.9 Å². The second-order valence-corrected chi connectivity index (χ2v) is 8.50. The molecular formula is C20H28N2O5. The second-order valence-electron chi connectivity index (χ2n) is 8.50. The van der Waals surface area contributed by atoms with Crippen LogP contribution in [-0.2, 0) is 16.1 Å². The molecule has 2 aliphatic rings. The van der Waals surface area contributed by atoms with Gasteiger partial charge in [0.1, 0.15) is 12.2 Å². The Morgan fingerprint density at radius 2 is 2.04 bits per heavy atom. The predicted octanol–water partition coefficient (Wildman–Crippen LogP) is 3.24. The summed E-state index contributed by atoms with van der Waals surface area (Å²) in [6.07, 6.45) is 0.0181. The number of carbonyl (C=O) groups is 2. The van der Waals surface area contributed by atoms with Gasteiger partial charge in [-0.25, -0.2) is 9.59 Å². The van der Waals surface area contributed by atoms with Crippen LogP contribution in [0.4, 0.5) is 9.59 Å². The molecule has 2 saturated heterocycles. The molecule has 2 N–H and O–H groups in total. The number of nitrogens with one attached hydrogen (secondary N) is 1.